The van der Waals surface area contributed by atoms with Crippen LogP contribution in [0, 0.1) is 3.57 Å². The van der Waals surface area contributed by atoms with Crippen molar-refractivity contribution < 1.29 is 0 Å². The molecular weight excluding hydrogens is 359 g/mol. The van der Waals surface area contributed by atoms with Crippen molar-refractivity contribution in [1.29, 1.82) is 0 Å². The van der Waals surface area contributed by atoms with Gasteiger partial charge in [-0.3, -0.25) is 0 Å². The molecule has 0 bridgehead atoms. The van der Waals surface area contributed by atoms with Crippen molar-refractivity contribution in [1.82, 2.24) is 10.2 Å². The summed E-state index contributed by atoms with van der Waals surface area (Å²) in [4.78, 5) is 2.55. The Bertz CT molecular complexity index is 378. The molecule has 2 rings (SSSR count). The second-order valence-corrected chi connectivity index (χ2v) is 6.40. The highest BCUT2D eigenvalue weighted by molar-refractivity contribution is 14.1. The van der Waals surface area contributed by atoms with Crippen molar-refractivity contribution in [3.8, 4) is 0 Å². The smallest absolute Gasteiger partial charge is 0.0542 e. The highest BCUT2D eigenvalue weighted by Crippen LogP contribution is 2.19. The van der Waals surface area contributed by atoms with E-state index in [-0.39, 0.29) is 0 Å². The molecule has 0 aromatic heterocycles. The van der Waals surface area contributed by atoms with E-state index in [0.29, 0.717) is 0 Å². The van der Waals surface area contributed by atoms with Crippen LogP contribution in [-0.4, -0.2) is 31.1 Å². The predicted octanol–water partition coefficient (Wildman–Crippen LogP) is 3.52. The largest absolute Gasteiger partial charge is 0.311 e. The molecule has 18 heavy (non-hydrogen) atoms. The minimum Gasteiger partial charge on any atom is -0.311 e. The highest BCUT2D eigenvalue weighted by Gasteiger charge is 2.08. The van der Waals surface area contributed by atoms with Crippen molar-refractivity contribution >= 4 is 34.2 Å². The fourth-order valence-corrected chi connectivity index (χ4v) is 2.84. The van der Waals surface area contributed by atoms with Crippen molar-refractivity contribution in [2.75, 3.05) is 26.2 Å². The number of nitrogens with zero attached hydrogens (tertiary/aromatic N) is 1. The third kappa shape index (κ3) is 4.68. The molecule has 1 saturated heterocycles. The average Bonchev–Trinajstić information content (AvgIpc) is 2.40. The van der Waals surface area contributed by atoms with Crippen molar-refractivity contribution in [2.24, 2.45) is 0 Å². The molecule has 100 valence electrons. The molecule has 1 N–H and O–H groups in total. The molecule has 1 aliphatic rings. The SMILES string of the molecule is Clc1cc(CNCCN2CCCCC2)ccc1I. The van der Waals surface area contributed by atoms with Crippen LogP contribution < -0.4 is 5.32 Å². The Morgan fingerprint density at radius 3 is 2.72 bits per heavy atom. The number of likely N-dealkylation sites (tertiary alicyclic amines) is 1. The lowest BCUT2D eigenvalue weighted by atomic mass is 10.1. The van der Waals surface area contributed by atoms with Crippen LogP contribution in [0.4, 0.5) is 0 Å². The number of hydrogen-bond acceptors (Lipinski definition) is 2. The van der Waals surface area contributed by atoms with Crippen LogP contribution in [0.15, 0.2) is 18.2 Å². The molecule has 1 aliphatic heterocycles. The van der Waals surface area contributed by atoms with Gasteiger partial charge in [-0.05, 0) is 66.2 Å². The highest BCUT2D eigenvalue weighted by atomic mass is 127. The Morgan fingerprint density at radius 1 is 1.22 bits per heavy atom. The van der Waals surface area contributed by atoms with E-state index in [9.17, 15) is 0 Å². The molecule has 0 aliphatic carbocycles. The monoisotopic (exact) mass is 378 g/mol. The first-order chi connectivity index (χ1) is 8.75. The second-order valence-electron chi connectivity index (χ2n) is 4.83. The summed E-state index contributed by atoms with van der Waals surface area (Å²) in [5.74, 6) is 0. The summed E-state index contributed by atoms with van der Waals surface area (Å²) >= 11 is 8.36. The summed E-state index contributed by atoms with van der Waals surface area (Å²) < 4.78 is 1.12. The third-order valence-corrected chi connectivity index (χ3v) is 4.94. The van der Waals surface area contributed by atoms with Gasteiger partial charge in [-0.15, -0.1) is 0 Å². The Labute approximate surface area is 128 Å². The fraction of sp³-hybridized carbons (Fsp3) is 0.571. The zero-order valence-corrected chi connectivity index (χ0v) is 13.5. The summed E-state index contributed by atoms with van der Waals surface area (Å²) in [5.41, 5.74) is 1.26. The number of piperidine rings is 1. The van der Waals surface area contributed by atoms with E-state index >= 15 is 0 Å². The summed E-state index contributed by atoms with van der Waals surface area (Å²) in [5, 5.41) is 4.35. The minimum atomic E-state index is 0.853. The summed E-state index contributed by atoms with van der Waals surface area (Å²) in [7, 11) is 0. The molecule has 0 saturated carbocycles. The second kappa shape index (κ2) is 7.68. The van der Waals surface area contributed by atoms with Crippen molar-refractivity contribution in [3.05, 3.63) is 32.4 Å². The number of rotatable bonds is 5. The summed E-state index contributed by atoms with van der Waals surface area (Å²) in [6, 6.07) is 6.27. The first-order valence-corrected chi connectivity index (χ1v) is 8.08. The van der Waals surface area contributed by atoms with Crippen LogP contribution in [0.2, 0.25) is 5.02 Å². The van der Waals surface area contributed by atoms with Crippen LogP contribution in [0.25, 0.3) is 0 Å². The Hall–Kier alpha value is 0.160. The standard InChI is InChI=1S/C14H20ClIN2/c15-13-10-12(4-5-14(13)16)11-17-6-9-18-7-2-1-3-8-18/h4-5,10,17H,1-3,6-9,11H2. The maximum Gasteiger partial charge on any atom is 0.0542 e. The van der Waals surface area contributed by atoms with Gasteiger partial charge in [0.25, 0.3) is 0 Å². The summed E-state index contributed by atoms with van der Waals surface area (Å²) in [6.07, 6.45) is 4.14. The zero-order valence-electron chi connectivity index (χ0n) is 10.6. The first-order valence-electron chi connectivity index (χ1n) is 6.63. The Kier molecular flexibility index (Phi) is 6.21. The van der Waals surface area contributed by atoms with Crippen LogP contribution in [0.3, 0.4) is 0 Å². The normalized spacial score (nSPS) is 17.0. The van der Waals surface area contributed by atoms with E-state index in [2.05, 4.69) is 51.0 Å². The molecule has 0 amide bonds. The Balaban J connectivity index is 1.66. The van der Waals surface area contributed by atoms with Gasteiger partial charge in [-0.25, -0.2) is 0 Å². The van der Waals surface area contributed by atoms with Gasteiger partial charge in [0, 0.05) is 23.2 Å². The molecule has 0 spiro atoms. The van der Waals surface area contributed by atoms with Gasteiger partial charge >= 0.3 is 0 Å². The molecule has 0 unspecified atom stereocenters. The van der Waals surface area contributed by atoms with E-state index in [1.165, 1.54) is 37.9 Å². The van der Waals surface area contributed by atoms with Crippen LogP contribution in [0.5, 0.6) is 0 Å². The molecule has 4 heteroatoms. The molecule has 1 aromatic carbocycles. The third-order valence-electron chi connectivity index (χ3n) is 3.37. The molecule has 0 atom stereocenters. The van der Waals surface area contributed by atoms with Crippen molar-refractivity contribution in [3.63, 3.8) is 0 Å². The quantitative estimate of drug-likeness (QED) is 0.623. The molecule has 1 heterocycles. The topological polar surface area (TPSA) is 15.3 Å². The molecule has 1 aromatic rings. The van der Waals surface area contributed by atoms with Gasteiger partial charge in [0.2, 0.25) is 0 Å². The number of benzene rings is 1. The van der Waals surface area contributed by atoms with Gasteiger partial charge in [0.15, 0.2) is 0 Å². The maximum atomic E-state index is 6.10. The van der Waals surface area contributed by atoms with E-state index in [0.717, 1.165) is 28.2 Å². The van der Waals surface area contributed by atoms with Crippen LogP contribution >= 0.6 is 34.2 Å². The maximum absolute atomic E-state index is 6.10. The van der Waals surface area contributed by atoms with Crippen LogP contribution in [-0.2, 0) is 6.54 Å². The van der Waals surface area contributed by atoms with Gasteiger partial charge in [0.1, 0.15) is 0 Å². The van der Waals surface area contributed by atoms with E-state index in [4.69, 9.17) is 11.6 Å². The lowest BCUT2D eigenvalue weighted by Crippen LogP contribution is -2.35. The first kappa shape index (κ1) is 14.6. The molecule has 1 fully saturated rings. The minimum absolute atomic E-state index is 0.853. The molecule has 0 radical (unpaired) electrons. The lowest BCUT2D eigenvalue weighted by Gasteiger charge is -2.26. The Morgan fingerprint density at radius 2 is 2.00 bits per heavy atom. The van der Waals surface area contributed by atoms with E-state index < -0.39 is 0 Å². The zero-order chi connectivity index (χ0) is 12.8. The summed E-state index contributed by atoms with van der Waals surface area (Å²) in [6.45, 7) is 5.68. The van der Waals surface area contributed by atoms with Gasteiger partial charge < -0.3 is 10.2 Å². The fourth-order valence-electron chi connectivity index (χ4n) is 2.30. The average molecular weight is 379 g/mol. The van der Waals surface area contributed by atoms with Gasteiger partial charge in [0.05, 0.1) is 5.02 Å². The molecule has 2 nitrogen and oxygen atoms in total. The van der Waals surface area contributed by atoms with E-state index in [1.54, 1.807) is 0 Å². The number of halogens is 2. The number of hydrogen-bond donors (Lipinski definition) is 1. The van der Waals surface area contributed by atoms with Gasteiger partial charge in [-0.1, -0.05) is 24.1 Å². The van der Waals surface area contributed by atoms with Gasteiger partial charge in [-0.2, -0.15) is 0 Å². The van der Waals surface area contributed by atoms with E-state index in [1.807, 2.05) is 0 Å². The lowest BCUT2D eigenvalue weighted by molar-refractivity contribution is 0.229. The predicted molar refractivity (Wildman–Crippen MR) is 86.2 cm³/mol. The van der Waals surface area contributed by atoms with Crippen molar-refractivity contribution in [2.45, 2.75) is 25.8 Å². The van der Waals surface area contributed by atoms with Crippen LogP contribution in [0.1, 0.15) is 24.8 Å². The molecular formula is C14H20ClIN2. The number of nitrogens with one attached hydrogen (secondary N) is 1.